The van der Waals surface area contributed by atoms with Crippen molar-refractivity contribution in [3.63, 3.8) is 0 Å². The van der Waals surface area contributed by atoms with Crippen molar-refractivity contribution < 1.29 is 19.1 Å². The summed E-state index contributed by atoms with van der Waals surface area (Å²) in [7, 11) is 3.04. The zero-order valence-corrected chi connectivity index (χ0v) is 23.1. The van der Waals surface area contributed by atoms with Crippen LogP contribution in [-0.4, -0.2) is 62.2 Å². The summed E-state index contributed by atoms with van der Waals surface area (Å²) < 4.78 is 10.4. The molecule has 0 aromatic heterocycles. The highest BCUT2D eigenvalue weighted by atomic mass is 35.5. The maximum atomic E-state index is 13.0. The average molecular weight is 574 g/mol. The van der Waals surface area contributed by atoms with Crippen molar-refractivity contribution >= 4 is 63.7 Å². The van der Waals surface area contributed by atoms with E-state index in [1.165, 1.54) is 20.3 Å². The molecule has 38 heavy (non-hydrogen) atoms. The summed E-state index contributed by atoms with van der Waals surface area (Å²) in [6.45, 7) is 2.50. The van der Waals surface area contributed by atoms with E-state index in [0.717, 1.165) is 11.4 Å². The van der Waals surface area contributed by atoms with Crippen LogP contribution in [0, 0.1) is 0 Å². The van der Waals surface area contributed by atoms with E-state index in [4.69, 9.17) is 44.9 Å². The predicted molar refractivity (Wildman–Crippen MR) is 154 cm³/mol. The molecule has 0 atom stereocenters. The number of methoxy groups -OCH3 is 2. The molecule has 0 saturated carbocycles. The van der Waals surface area contributed by atoms with Crippen molar-refractivity contribution in [2.24, 2.45) is 0 Å². The zero-order chi connectivity index (χ0) is 27.2. The van der Waals surface area contributed by atoms with Crippen LogP contribution in [0.5, 0.6) is 11.5 Å². The van der Waals surface area contributed by atoms with Gasteiger partial charge in [-0.05, 0) is 72.9 Å². The quantitative estimate of drug-likeness (QED) is 0.397. The summed E-state index contributed by atoms with van der Waals surface area (Å²) in [5, 5.41) is 6.65. The van der Waals surface area contributed by atoms with Crippen LogP contribution in [0.4, 0.5) is 11.4 Å². The number of benzene rings is 3. The number of carbonyl (C=O) groups is 2. The molecule has 3 aromatic carbocycles. The molecule has 4 rings (SSSR count). The van der Waals surface area contributed by atoms with E-state index in [0.29, 0.717) is 58.9 Å². The normalized spacial score (nSPS) is 13.1. The highest BCUT2D eigenvalue weighted by Gasteiger charge is 2.25. The van der Waals surface area contributed by atoms with Crippen LogP contribution in [0.15, 0.2) is 60.7 Å². The Labute approximate surface area is 236 Å². The van der Waals surface area contributed by atoms with Gasteiger partial charge in [-0.15, -0.1) is 0 Å². The molecule has 3 aromatic rings. The summed E-state index contributed by atoms with van der Waals surface area (Å²) >= 11 is 17.5. The number of rotatable bonds is 6. The molecular weight excluding hydrogens is 547 g/mol. The van der Waals surface area contributed by atoms with Gasteiger partial charge in [0.25, 0.3) is 11.8 Å². The lowest BCUT2D eigenvalue weighted by atomic mass is 10.1. The topological polar surface area (TPSA) is 83.1 Å². The molecule has 2 N–H and O–H groups in total. The van der Waals surface area contributed by atoms with Gasteiger partial charge in [0.2, 0.25) is 0 Å². The lowest BCUT2D eigenvalue weighted by Gasteiger charge is -2.36. The summed E-state index contributed by atoms with van der Waals surface area (Å²) in [5.74, 6) is 0.507. The van der Waals surface area contributed by atoms with Gasteiger partial charge in [-0.2, -0.15) is 0 Å². The number of ether oxygens (including phenoxy) is 2. The first kappa shape index (κ1) is 27.5. The van der Waals surface area contributed by atoms with E-state index in [1.807, 2.05) is 24.3 Å². The first-order valence-electron chi connectivity index (χ1n) is 11.7. The first-order valence-corrected chi connectivity index (χ1v) is 12.9. The molecular formula is C27H26Cl2N4O4S. The molecule has 1 aliphatic heterocycles. The van der Waals surface area contributed by atoms with Crippen LogP contribution in [-0.2, 0) is 0 Å². The van der Waals surface area contributed by atoms with E-state index in [-0.39, 0.29) is 16.9 Å². The molecule has 0 unspecified atom stereocenters. The number of hydrogen-bond acceptors (Lipinski definition) is 6. The third kappa shape index (κ3) is 6.48. The van der Waals surface area contributed by atoms with E-state index < -0.39 is 0 Å². The molecule has 0 radical (unpaired) electrons. The van der Waals surface area contributed by atoms with Crippen LogP contribution < -0.4 is 25.0 Å². The highest BCUT2D eigenvalue weighted by Crippen LogP contribution is 2.26. The van der Waals surface area contributed by atoms with Gasteiger partial charge < -0.3 is 24.6 Å². The van der Waals surface area contributed by atoms with E-state index in [9.17, 15) is 9.59 Å². The molecule has 2 amide bonds. The monoisotopic (exact) mass is 572 g/mol. The van der Waals surface area contributed by atoms with Crippen molar-refractivity contribution in [3.05, 3.63) is 81.8 Å². The Balaban J connectivity index is 1.30. The number of amides is 2. The number of carbonyl (C=O) groups excluding carboxylic acids is 2. The van der Waals surface area contributed by atoms with Crippen LogP contribution >= 0.6 is 35.4 Å². The highest BCUT2D eigenvalue weighted by molar-refractivity contribution is 7.80. The van der Waals surface area contributed by atoms with E-state index >= 15 is 0 Å². The third-order valence-electron chi connectivity index (χ3n) is 6.09. The van der Waals surface area contributed by atoms with Crippen molar-refractivity contribution in [3.8, 4) is 11.5 Å². The lowest BCUT2D eigenvalue weighted by Crippen LogP contribution is -2.48. The Kier molecular flexibility index (Phi) is 8.93. The van der Waals surface area contributed by atoms with Crippen molar-refractivity contribution in [1.29, 1.82) is 0 Å². The van der Waals surface area contributed by atoms with Gasteiger partial charge in [-0.3, -0.25) is 14.9 Å². The number of hydrogen-bond donors (Lipinski definition) is 2. The van der Waals surface area contributed by atoms with Crippen LogP contribution in [0.1, 0.15) is 20.7 Å². The number of thiocarbonyl (C=S) groups is 1. The summed E-state index contributed by atoms with van der Waals surface area (Å²) in [6, 6.07) is 17.5. The molecule has 0 aliphatic carbocycles. The Morgan fingerprint density at radius 2 is 1.53 bits per heavy atom. The third-order valence-corrected chi connectivity index (χ3v) is 6.82. The number of anilines is 2. The van der Waals surface area contributed by atoms with Gasteiger partial charge in [-0.1, -0.05) is 23.2 Å². The molecule has 8 nitrogen and oxygen atoms in total. The molecule has 0 bridgehead atoms. The summed E-state index contributed by atoms with van der Waals surface area (Å²) in [6.07, 6.45) is 0. The van der Waals surface area contributed by atoms with Gasteiger partial charge in [-0.25, -0.2) is 0 Å². The minimum Gasteiger partial charge on any atom is -0.496 e. The van der Waals surface area contributed by atoms with Crippen molar-refractivity contribution in [2.45, 2.75) is 0 Å². The van der Waals surface area contributed by atoms with Crippen molar-refractivity contribution in [2.75, 3.05) is 50.6 Å². The standard InChI is InChI=1S/C27H26Cl2N4O4S/c1-36-23-10-4-18(28)16-21(23)26(35)33-13-11-32(12-14-33)20-7-5-19(6-8-20)30-27(38)31-25(34)17-3-9-24(37-2)22(29)15-17/h3-10,15-16H,11-14H2,1-2H3,(H2,30,31,34,38). The Morgan fingerprint density at radius 3 is 2.16 bits per heavy atom. The molecule has 1 fully saturated rings. The first-order chi connectivity index (χ1) is 18.3. The minimum absolute atomic E-state index is 0.101. The van der Waals surface area contributed by atoms with Gasteiger partial charge in [0.15, 0.2) is 5.11 Å². The summed E-state index contributed by atoms with van der Waals surface area (Å²) in [4.78, 5) is 29.5. The largest absolute Gasteiger partial charge is 0.496 e. The fourth-order valence-corrected chi connectivity index (χ4v) is 4.73. The van der Waals surface area contributed by atoms with Crippen molar-refractivity contribution in [1.82, 2.24) is 10.2 Å². The van der Waals surface area contributed by atoms with E-state index in [2.05, 4.69) is 15.5 Å². The van der Waals surface area contributed by atoms with Crippen LogP contribution in [0.25, 0.3) is 0 Å². The predicted octanol–water partition coefficient (Wildman–Crippen LogP) is 5.10. The number of piperazine rings is 1. The number of nitrogens with one attached hydrogen (secondary N) is 2. The maximum Gasteiger partial charge on any atom is 0.257 e. The second kappa shape index (κ2) is 12.3. The number of halogens is 2. The molecule has 198 valence electrons. The molecule has 1 saturated heterocycles. The molecule has 1 heterocycles. The van der Waals surface area contributed by atoms with Gasteiger partial charge in [0, 0.05) is 48.1 Å². The average Bonchev–Trinajstić information content (AvgIpc) is 2.93. The smallest absolute Gasteiger partial charge is 0.257 e. The Morgan fingerprint density at radius 1 is 0.868 bits per heavy atom. The zero-order valence-electron chi connectivity index (χ0n) is 20.8. The van der Waals surface area contributed by atoms with E-state index in [1.54, 1.807) is 35.2 Å². The fourth-order valence-electron chi connectivity index (χ4n) is 4.09. The SMILES string of the molecule is COc1ccc(C(=O)NC(=S)Nc2ccc(N3CCN(C(=O)c4cc(Cl)ccc4OC)CC3)cc2)cc1Cl. The lowest BCUT2D eigenvalue weighted by molar-refractivity contribution is 0.0743. The second-order valence-electron chi connectivity index (χ2n) is 8.43. The maximum absolute atomic E-state index is 13.0. The van der Waals surface area contributed by atoms with Gasteiger partial charge in [0.05, 0.1) is 24.8 Å². The minimum atomic E-state index is -0.383. The van der Waals surface area contributed by atoms with Gasteiger partial charge >= 0.3 is 0 Å². The number of nitrogens with zero attached hydrogens (tertiary/aromatic N) is 2. The molecule has 11 heteroatoms. The second-order valence-corrected chi connectivity index (χ2v) is 9.68. The molecule has 0 spiro atoms. The Bertz CT molecular complexity index is 1350. The van der Waals surface area contributed by atoms with Gasteiger partial charge in [0.1, 0.15) is 11.5 Å². The fraction of sp³-hybridized carbons (Fsp3) is 0.222. The Hall–Kier alpha value is -3.53. The van der Waals surface area contributed by atoms with Crippen LogP contribution in [0.2, 0.25) is 10.0 Å². The van der Waals surface area contributed by atoms with Crippen LogP contribution in [0.3, 0.4) is 0 Å². The molecule has 1 aliphatic rings. The summed E-state index contributed by atoms with van der Waals surface area (Å²) in [5.41, 5.74) is 2.57.